The van der Waals surface area contributed by atoms with Gasteiger partial charge in [0.1, 0.15) is 5.69 Å². The lowest BCUT2D eigenvalue weighted by Gasteiger charge is -2.09. The van der Waals surface area contributed by atoms with Crippen molar-refractivity contribution >= 4 is 5.97 Å². The number of carboxylic acid groups (broad SMARTS) is 1. The molecule has 0 saturated carbocycles. The van der Waals surface area contributed by atoms with Crippen LogP contribution in [0.5, 0.6) is 0 Å². The average molecular weight is 182 g/mol. The van der Waals surface area contributed by atoms with Crippen LogP contribution in [0.15, 0.2) is 12.3 Å². The van der Waals surface area contributed by atoms with Crippen LogP contribution in [0.2, 0.25) is 0 Å². The van der Waals surface area contributed by atoms with E-state index in [2.05, 4.69) is 5.10 Å². The molecular formula is C8H10N2O3. The van der Waals surface area contributed by atoms with Crippen molar-refractivity contribution < 1.29 is 14.6 Å². The van der Waals surface area contributed by atoms with Crippen molar-refractivity contribution in [3.05, 3.63) is 18.0 Å². The van der Waals surface area contributed by atoms with Gasteiger partial charge in [0.2, 0.25) is 0 Å². The summed E-state index contributed by atoms with van der Waals surface area (Å²) in [4.78, 5) is 10.7. The molecule has 0 bridgehead atoms. The molecule has 1 aliphatic heterocycles. The first-order chi connectivity index (χ1) is 6.29. The molecular weight excluding hydrogens is 172 g/mol. The minimum Gasteiger partial charge on any atom is -0.477 e. The number of hydrogen-bond donors (Lipinski definition) is 1. The minimum absolute atomic E-state index is 0.0844. The number of aromatic nitrogens is 2. The Morgan fingerprint density at radius 3 is 3.23 bits per heavy atom. The summed E-state index contributed by atoms with van der Waals surface area (Å²) in [5.74, 6) is -0.940. The van der Waals surface area contributed by atoms with E-state index in [4.69, 9.17) is 9.84 Å². The summed E-state index contributed by atoms with van der Waals surface area (Å²) in [5.41, 5.74) is 0.232. The molecule has 2 heterocycles. The number of rotatable bonds is 2. The second-order valence-corrected chi connectivity index (χ2v) is 2.98. The van der Waals surface area contributed by atoms with Gasteiger partial charge in [0.15, 0.2) is 0 Å². The molecule has 5 nitrogen and oxygen atoms in total. The first kappa shape index (κ1) is 8.25. The van der Waals surface area contributed by atoms with E-state index in [1.54, 1.807) is 0 Å². The molecule has 2 rings (SSSR count). The molecule has 1 fully saturated rings. The maximum atomic E-state index is 10.7. The van der Waals surface area contributed by atoms with E-state index in [0.29, 0.717) is 13.2 Å². The van der Waals surface area contributed by atoms with Gasteiger partial charge in [-0.3, -0.25) is 4.68 Å². The Balaban J connectivity index is 2.28. The van der Waals surface area contributed by atoms with E-state index >= 15 is 0 Å². The highest BCUT2D eigenvalue weighted by Crippen LogP contribution is 2.19. The molecule has 0 amide bonds. The highest BCUT2D eigenvalue weighted by Gasteiger charge is 2.22. The summed E-state index contributed by atoms with van der Waals surface area (Å²) in [7, 11) is 0. The maximum Gasteiger partial charge on any atom is 0.354 e. The van der Waals surface area contributed by atoms with Crippen molar-refractivity contribution in [3.8, 4) is 0 Å². The van der Waals surface area contributed by atoms with Crippen LogP contribution in [0.25, 0.3) is 0 Å². The van der Waals surface area contributed by atoms with Gasteiger partial charge in [-0.25, -0.2) is 4.79 Å². The predicted molar refractivity (Wildman–Crippen MR) is 43.7 cm³/mol. The molecule has 5 heteroatoms. The third-order valence-electron chi connectivity index (χ3n) is 2.14. The number of aromatic carboxylic acids is 1. The lowest BCUT2D eigenvalue weighted by Crippen LogP contribution is -2.16. The SMILES string of the molecule is O=C(O)c1ccnn1C1CCOC1. The van der Waals surface area contributed by atoms with Gasteiger partial charge in [-0.1, -0.05) is 0 Å². The molecule has 0 aliphatic carbocycles. The van der Waals surface area contributed by atoms with Crippen LogP contribution in [0, 0.1) is 0 Å². The summed E-state index contributed by atoms with van der Waals surface area (Å²) < 4.78 is 6.69. The molecule has 0 aromatic carbocycles. The smallest absolute Gasteiger partial charge is 0.354 e. The summed E-state index contributed by atoms with van der Waals surface area (Å²) >= 11 is 0. The molecule has 1 saturated heterocycles. The highest BCUT2D eigenvalue weighted by atomic mass is 16.5. The van der Waals surface area contributed by atoms with Gasteiger partial charge >= 0.3 is 5.97 Å². The van der Waals surface area contributed by atoms with E-state index in [-0.39, 0.29) is 11.7 Å². The van der Waals surface area contributed by atoms with Crippen LogP contribution >= 0.6 is 0 Å². The topological polar surface area (TPSA) is 64.3 Å². The summed E-state index contributed by atoms with van der Waals surface area (Å²) in [6.45, 7) is 1.24. The molecule has 1 aromatic heterocycles. The molecule has 1 unspecified atom stereocenters. The number of carbonyl (C=O) groups is 1. The first-order valence-electron chi connectivity index (χ1n) is 4.13. The fraction of sp³-hybridized carbons (Fsp3) is 0.500. The van der Waals surface area contributed by atoms with Crippen LogP contribution in [0.4, 0.5) is 0 Å². The number of carboxylic acids is 1. The lowest BCUT2D eigenvalue weighted by molar-refractivity contribution is 0.0679. The Morgan fingerprint density at radius 1 is 1.77 bits per heavy atom. The number of nitrogens with zero attached hydrogens (tertiary/aromatic N) is 2. The fourth-order valence-corrected chi connectivity index (χ4v) is 1.49. The van der Waals surface area contributed by atoms with E-state index < -0.39 is 5.97 Å². The van der Waals surface area contributed by atoms with E-state index in [9.17, 15) is 4.79 Å². The molecule has 13 heavy (non-hydrogen) atoms. The Bertz CT molecular complexity index is 315. The van der Waals surface area contributed by atoms with Crippen molar-refractivity contribution in [1.29, 1.82) is 0 Å². The van der Waals surface area contributed by atoms with Gasteiger partial charge in [0.25, 0.3) is 0 Å². The number of hydrogen-bond acceptors (Lipinski definition) is 3. The number of ether oxygens (including phenoxy) is 1. The van der Waals surface area contributed by atoms with E-state index in [0.717, 1.165) is 6.42 Å². The summed E-state index contributed by atoms with van der Waals surface area (Å²) in [6.07, 6.45) is 2.34. The van der Waals surface area contributed by atoms with Crippen molar-refractivity contribution in [1.82, 2.24) is 9.78 Å². The molecule has 0 radical (unpaired) electrons. The van der Waals surface area contributed by atoms with Crippen molar-refractivity contribution in [3.63, 3.8) is 0 Å². The fourth-order valence-electron chi connectivity index (χ4n) is 1.49. The summed E-state index contributed by atoms with van der Waals surface area (Å²) in [6, 6.07) is 1.58. The Kier molecular flexibility index (Phi) is 2.02. The van der Waals surface area contributed by atoms with Gasteiger partial charge in [-0.2, -0.15) is 5.10 Å². The van der Waals surface area contributed by atoms with Crippen LogP contribution in [-0.2, 0) is 4.74 Å². The molecule has 0 spiro atoms. The zero-order valence-electron chi connectivity index (χ0n) is 7.01. The summed E-state index contributed by atoms with van der Waals surface area (Å²) in [5, 5.41) is 12.8. The zero-order valence-corrected chi connectivity index (χ0v) is 7.01. The second kappa shape index (κ2) is 3.18. The van der Waals surface area contributed by atoms with Crippen molar-refractivity contribution in [2.45, 2.75) is 12.5 Å². The molecule has 1 aliphatic rings. The average Bonchev–Trinajstić information content (AvgIpc) is 2.74. The van der Waals surface area contributed by atoms with E-state index in [1.165, 1.54) is 16.9 Å². The molecule has 70 valence electrons. The van der Waals surface area contributed by atoms with Gasteiger partial charge in [-0.05, 0) is 12.5 Å². The Morgan fingerprint density at radius 2 is 2.62 bits per heavy atom. The zero-order chi connectivity index (χ0) is 9.26. The predicted octanol–water partition coefficient (Wildman–Crippen LogP) is 0.543. The maximum absolute atomic E-state index is 10.7. The van der Waals surface area contributed by atoms with E-state index in [1.807, 2.05) is 0 Å². The van der Waals surface area contributed by atoms with Crippen LogP contribution in [0.3, 0.4) is 0 Å². The minimum atomic E-state index is -0.940. The van der Waals surface area contributed by atoms with Crippen LogP contribution in [0.1, 0.15) is 23.0 Å². The third kappa shape index (κ3) is 1.42. The van der Waals surface area contributed by atoms with Gasteiger partial charge in [-0.15, -0.1) is 0 Å². The lowest BCUT2D eigenvalue weighted by atomic mass is 10.2. The first-order valence-corrected chi connectivity index (χ1v) is 4.13. The quantitative estimate of drug-likeness (QED) is 0.725. The van der Waals surface area contributed by atoms with Gasteiger partial charge in [0.05, 0.1) is 12.6 Å². The largest absolute Gasteiger partial charge is 0.477 e. The normalized spacial score (nSPS) is 22.0. The van der Waals surface area contributed by atoms with Crippen LogP contribution in [-0.4, -0.2) is 34.1 Å². The van der Waals surface area contributed by atoms with Crippen LogP contribution < -0.4 is 0 Å². The van der Waals surface area contributed by atoms with Gasteiger partial charge in [0, 0.05) is 12.8 Å². The standard InChI is InChI=1S/C8H10N2O3/c11-8(12)7-1-3-9-10(7)6-2-4-13-5-6/h1,3,6H,2,4-5H2,(H,11,12). The van der Waals surface area contributed by atoms with Crippen molar-refractivity contribution in [2.24, 2.45) is 0 Å². The monoisotopic (exact) mass is 182 g/mol. The third-order valence-corrected chi connectivity index (χ3v) is 2.14. The Hall–Kier alpha value is -1.36. The van der Waals surface area contributed by atoms with Gasteiger partial charge < -0.3 is 9.84 Å². The van der Waals surface area contributed by atoms with Crippen molar-refractivity contribution in [2.75, 3.05) is 13.2 Å². The Labute approximate surface area is 74.9 Å². The molecule has 1 atom stereocenters. The highest BCUT2D eigenvalue weighted by molar-refractivity contribution is 5.85. The second-order valence-electron chi connectivity index (χ2n) is 2.98. The molecule has 1 aromatic rings. The molecule has 1 N–H and O–H groups in total.